The second-order valence-electron chi connectivity index (χ2n) is 7.74. The van der Waals surface area contributed by atoms with Crippen molar-refractivity contribution in [3.8, 4) is 0 Å². The number of nitrogens with one attached hydrogen (secondary N) is 1. The van der Waals surface area contributed by atoms with Crippen LogP contribution in [0.5, 0.6) is 0 Å². The molecule has 0 aromatic carbocycles. The summed E-state index contributed by atoms with van der Waals surface area (Å²) in [6.45, 7) is 10.3. The van der Waals surface area contributed by atoms with E-state index in [9.17, 15) is 0 Å². The minimum Gasteiger partial charge on any atom is -0.379 e. The number of ether oxygens (including phenoxy) is 5. The van der Waals surface area contributed by atoms with Crippen molar-refractivity contribution in [2.75, 3.05) is 72.6 Å². The van der Waals surface area contributed by atoms with Gasteiger partial charge in [-0.1, -0.05) is 51.9 Å². The van der Waals surface area contributed by atoms with Gasteiger partial charge in [0.25, 0.3) is 0 Å². The van der Waals surface area contributed by atoms with Crippen LogP contribution in [0.1, 0.15) is 71.1 Å². The molecule has 0 bridgehead atoms. The maximum absolute atomic E-state index is 5.78. The van der Waals surface area contributed by atoms with Crippen LogP contribution < -0.4 is 5.32 Å². The summed E-state index contributed by atoms with van der Waals surface area (Å²) in [6, 6.07) is 0. The average Bonchev–Trinajstić information content (AvgIpc) is 2.75. The molecule has 0 aliphatic carbocycles. The van der Waals surface area contributed by atoms with E-state index in [1.165, 1.54) is 51.4 Å². The van der Waals surface area contributed by atoms with Crippen LogP contribution in [0.25, 0.3) is 0 Å². The van der Waals surface area contributed by atoms with Crippen molar-refractivity contribution >= 4 is 0 Å². The monoisotopic (exact) mass is 417 g/mol. The molecule has 174 valence electrons. The second kappa shape index (κ2) is 22.4. The van der Waals surface area contributed by atoms with E-state index >= 15 is 0 Å². The normalized spacial score (nSPS) is 15.2. The van der Waals surface area contributed by atoms with Gasteiger partial charge in [-0.2, -0.15) is 0 Å². The zero-order valence-electron chi connectivity index (χ0n) is 19.0. The van der Waals surface area contributed by atoms with Crippen LogP contribution in [-0.4, -0.2) is 78.7 Å². The first-order chi connectivity index (χ1) is 14.4. The predicted molar refractivity (Wildman–Crippen MR) is 118 cm³/mol. The molecule has 1 rings (SSSR count). The van der Waals surface area contributed by atoms with Crippen molar-refractivity contribution in [1.82, 2.24) is 5.32 Å². The molecule has 0 unspecified atom stereocenters. The molecule has 29 heavy (non-hydrogen) atoms. The number of unbranched alkanes of at least 4 members (excludes halogenated alkanes) is 7. The van der Waals surface area contributed by atoms with E-state index in [2.05, 4.69) is 12.2 Å². The highest BCUT2D eigenvalue weighted by molar-refractivity contribution is 4.67. The van der Waals surface area contributed by atoms with Crippen molar-refractivity contribution in [3.63, 3.8) is 0 Å². The Bertz CT molecular complexity index is 314. The SMILES string of the molecule is CCCCCCCCCCOCCOCCOCCOCCOC1CCNCC1. The van der Waals surface area contributed by atoms with Crippen molar-refractivity contribution in [2.24, 2.45) is 0 Å². The van der Waals surface area contributed by atoms with Crippen molar-refractivity contribution in [3.05, 3.63) is 0 Å². The van der Waals surface area contributed by atoms with E-state index in [1.807, 2.05) is 0 Å². The average molecular weight is 418 g/mol. The van der Waals surface area contributed by atoms with Gasteiger partial charge in [-0.05, 0) is 32.4 Å². The van der Waals surface area contributed by atoms with Crippen LogP contribution in [0.2, 0.25) is 0 Å². The van der Waals surface area contributed by atoms with Gasteiger partial charge >= 0.3 is 0 Å². The third kappa shape index (κ3) is 19.5. The molecule has 1 aliphatic rings. The second-order valence-corrected chi connectivity index (χ2v) is 7.74. The summed E-state index contributed by atoms with van der Waals surface area (Å²) in [5, 5.41) is 3.33. The minimum atomic E-state index is 0.401. The molecule has 1 N–H and O–H groups in total. The number of rotatable bonds is 22. The highest BCUT2D eigenvalue weighted by Gasteiger charge is 2.12. The number of piperidine rings is 1. The van der Waals surface area contributed by atoms with E-state index in [4.69, 9.17) is 23.7 Å². The predicted octanol–water partition coefficient (Wildman–Crippen LogP) is 3.96. The van der Waals surface area contributed by atoms with Crippen LogP contribution in [0.3, 0.4) is 0 Å². The Morgan fingerprint density at radius 3 is 1.55 bits per heavy atom. The molecule has 1 heterocycles. The summed E-state index contributed by atoms with van der Waals surface area (Å²) in [4.78, 5) is 0. The van der Waals surface area contributed by atoms with Gasteiger partial charge < -0.3 is 29.0 Å². The molecule has 0 radical (unpaired) electrons. The summed E-state index contributed by atoms with van der Waals surface area (Å²) in [5.74, 6) is 0. The van der Waals surface area contributed by atoms with Gasteiger partial charge in [0, 0.05) is 6.61 Å². The first-order valence-electron chi connectivity index (χ1n) is 12.1. The van der Waals surface area contributed by atoms with Crippen LogP contribution >= 0.6 is 0 Å². The Labute approximate surface area is 179 Å². The Hall–Kier alpha value is -0.240. The Balaban J connectivity index is 1.63. The fraction of sp³-hybridized carbons (Fsp3) is 1.00. The number of hydrogen-bond donors (Lipinski definition) is 1. The highest BCUT2D eigenvalue weighted by Crippen LogP contribution is 2.08. The molecular weight excluding hydrogens is 370 g/mol. The molecule has 1 aliphatic heterocycles. The standard InChI is InChI=1S/C23H47NO5/c1-2-3-4-5-6-7-8-9-14-25-15-16-26-17-18-27-19-20-28-21-22-29-23-10-12-24-13-11-23/h23-24H,2-22H2,1H3. The van der Waals surface area contributed by atoms with E-state index in [0.29, 0.717) is 59.0 Å². The van der Waals surface area contributed by atoms with Crippen LogP contribution in [0, 0.1) is 0 Å². The smallest absolute Gasteiger partial charge is 0.0704 e. The molecule has 0 aromatic rings. The summed E-state index contributed by atoms with van der Waals surface area (Å²) in [6.07, 6.45) is 13.3. The lowest BCUT2D eigenvalue weighted by Crippen LogP contribution is -2.33. The highest BCUT2D eigenvalue weighted by atomic mass is 16.6. The van der Waals surface area contributed by atoms with Crippen molar-refractivity contribution < 1.29 is 23.7 Å². The third-order valence-electron chi connectivity index (χ3n) is 5.13. The van der Waals surface area contributed by atoms with Gasteiger partial charge in [0.2, 0.25) is 0 Å². The Morgan fingerprint density at radius 1 is 0.552 bits per heavy atom. The van der Waals surface area contributed by atoms with E-state index in [0.717, 1.165) is 32.5 Å². The first kappa shape index (κ1) is 26.8. The van der Waals surface area contributed by atoms with Gasteiger partial charge in [0.05, 0.1) is 59.0 Å². The van der Waals surface area contributed by atoms with Gasteiger partial charge in [0.1, 0.15) is 0 Å². The molecule has 0 spiro atoms. The van der Waals surface area contributed by atoms with Crippen molar-refractivity contribution in [2.45, 2.75) is 77.2 Å². The molecule has 1 fully saturated rings. The quantitative estimate of drug-likeness (QED) is 0.269. The maximum Gasteiger partial charge on any atom is 0.0704 e. The topological polar surface area (TPSA) is 58.2 Å². The minimum absolute atomic E-state index is 0.401. The van der Waals surface area contributed by atoms with E-state index < -0.39 is 0 Å². The van der Waals surface area contributed by atoms with Crippen LogP contribution in [0.4, 0.5) is 0 Å². The van der Waals surface area contributed by atoms with Gasteiger partial charge in [-0.3, -0.25) is 0 Å². The lowest BCUT2D eigenvalue weighted by Gasteiger charge is -2.22. The fourth-order valence-corrected chi connectivity index (χ4v) is 3.34. The molecular formula is C23H47NO5. The summed E-state index contributed by atoms with van der Waals surface area (Å²) >= 11 is 0. The largest absolute Gasteiger partial charge is 0.379 e. The Kier molecular flexibility index (Phi) is 20.7. The molecule has 0 saturated carbocycles. The Morgan fingerprint density at radius 2 is 1.00 bits per heavy atom. The lowest BCUT2D eigenvalue weighted by molar-refractivity contribution is -0.0280. The van der Waals surface area contributed by atoms with Crippen LogP contribution in [0.15, 0.2) is 0 Å². The van der Waals surface area contributed by atoms with Gasteiger partial charge in [0.15, 0.2) is 0 Å². The molecule has 1 saturated heterocycles. The lowest BCUT2D eigenvalue weighted by atomic mass is 10.1. The van der Waals surface area contributed by atoms with Crippen LogP contribution in [-0.2, 0) is 23.7 Å². The summed E-state index contributed by atoms with van der Waals surface area (Å²) in [5.41, 5.74) is 0. The summed E-state index contributed by atoms with van der Waals surface area (Å²) in [7, 11) is 0. The van der Waals surface area contributed by atoms with E-state index in [-0.39, 0.29) is 0 Å². The van der Waals surface area contributed by atoms with Crippen molar-refractivity contribution in [1.29, 1.82) is 0 Å². The maximum atomic E-state index is 5.78. The third-order valence-corrected chi connectivity index (χ3v) is 5.13. The molecule has 0 amide bonds. The zero-order valence-corrected chi connectivity index (χ0v) is 19.0. The van der Waals surface area contributed by atoms with Gasteiger partial charge in [-0.25, -0.2) is 0 Å². The molecule has 0 atom stereocenters. The fourth-order valence-electron chi connectivity index (χ4n) is 3.34. The first-order valence-corrected chi connectivity index (χ1v) is 12.1. The summed E-state index contributed by atoms with van der Waals surface area (Å²) < 4.78 is 27.9. The zero-order chi connectivity index (χ0) is 20.7. The van der Waals surface area contributed by atoms with E-state index in [1.54, 1.807) is 0 Å². The molecule has 6 heteroatoms. The molecule has 0 aromatic heterocycles. The number of hydrogen-bond acceptors (Lipinski definition) is 6. The van der Waals surface area contributed by atoms with Gasteiger partial charge in [-0.15, -0.1) is 0 Å². The molecule has 6 nitrogen and oxygen atoms in total.